The number of Topliss-reactive ketones (excluding diaryl/α,β-unsaturated/α-hetero) is 1. The molecule has 204 valence electrons. The number of benzene rings is 1. The molecule has 0 spiro atoms. The normalized spacial score (nSPS) is 24.9. The molecule has 1 unspecified atom stereocenters. The summed E-state index contributed by atoms with van der Waals surface area (Å²) in [5.74, 6) is 0.310. The summed E-state index contributed by atoms with van der Waals surface area (Å²) in [5.41, 5.74) is 4.00. The number of rotatable bonds is 13. The molecule has 1 aromatic heterocycles. The SMILES string of the molecule is CCC/C=C(\CCCC)c1cc(C2C[C@]3(CO)CC[C@](CO)(C2)O3)ccc1CCC(=O)c1ncc(C#N)[nH]1. The van der Waals surface area contributed by atoms with Crippen LogP contribution in [0.5, 0.6) is 0 Å². The summed E-state index contributed by atoms with van der Waals surface area (Å²) in [6.45, 7) is 4.32. The molecule has 4 rings (SSSR count). The number of hydrogen-bond acceptors (Lipinski definition) is 6. The van der Waals surface area contributed by atoms with Crippen LogP contribution in [-0.2, 0) is 11.2 Å². The van der Waals surface area contributed by atoms with Crippen molar-refractivity contribution in [2.75, 3.05) is 13.2 Å². The van der Waals surface area contributed by atoms with Crippen molar-refractivity contribution < 1.29 is 19.7 Å². The van der Waals surface area contributed by atoms with Crippen molar-refractivity contribution in [3.05, 3.63) is 58.7 Å². The van der Waals surface area contributed by atoms with Crippen LogP contribution in [0, 0.1) is 11.3 Å². The van der Waals surface area contributed by atoms with E-state index < -0.39 is 11.2 Å². The number of aliphatic hydroxyl groups is 2. The molecule has 0 radical (unpaired) electrons. The Labute approximate surface area is 226 Å². The molecule has 2 aliphatic heterocycles. The second kappa shape index (κ2) is 12.4. The molecule has 2 aromatic rings. The van der Waals surface area contributed by atoms with Gasteiger partial charge in [0.15, 0.2) is 11.6 Å². The van der Waals surface area contributed by atoms with Crippen molar-refractivity contribution in [2.45, 2.75) is 102 Å². The van der Waals surface area contributed by atoms with Gasteiger partial charge in [-0.3, -0.25) is 4.79 Å². The number of nitrogens with zero attached hydrogens (tertiary/aromatic N) is 2. The number of carbonyl (C=O) groups excluding carboxylic acids is 1. The van der Waals surface area contributed by atoms with Gasteiger partial charge in [-0.2, -0.15) is 5.26 Å². The first kappa shape index (κ1) is 28.2. The minimum Gasteiger partial charge on any atom is -0.393 e. The molecule has 3 heterocycles. The number of aromatic amines is 1. The van der Waals surface area contributed by atoms with E-state index in [0.717, 1.165) is 63.4 Å². The molecule has 1 aromatic carbocycles. The van der Waals surface area contributed by atoms with Crippen LogP contribution in [0.25, 0.3) is 5.57 Å². The molecule has 2 saturated heterocycles. The molecule has 7 heteroatoms. The van der Waals surface area contributed by atoms with E-state index in [1.807, 2.05) is 6.07 Å². The summed E-state index contributed by atoms with van der Waals surface area (Å²) < 4.78 is 6.27. The molecule has 3 N–H and O–H groups in total. The molecule has 3 atom stereocenters. The number of ketones is 1. The number of unbranched alkanes of at least 4 members (excludes halogenated alkanes) is 2. The molecule has 0 aliphatic carbocycles. The maximum absolute atomic E-state index is 12.8. The Kier molecular flexibility index (Phi) is 9.19. The quantitative estimate of drug-likeness (QED) is 0.296. The zero-order valence-corrected chi connectivity index (χ0v) is 22.8. The predicted octanol–water partition coefficient (Wildman–Crippen LogP) is 5.62. The zero-order chi connectivity index (χ0) is 27.2. The first-order valence-electron chi connectivity index (χ1n) is 14.1. The number of imidazole rings is 1. The number of fused-ring (bicyclic) bond motifs is 2. The number of carbonyl (C=O) groups is 1. The van der Waals surface area contributed by atoms with Crippen LogP contribution in [0.15, 0.2) is 30.5 Å². The van der Waals surface area contributed by atoms with Crippen LogP contribution in [0.2, 0.25) is 0 Å². The lowest BCUT2D eigenvalue weighted by Crippen LogP contribution is -2.47. The Balaban J connectivity index is 1.65. The lowest BCUT2D eigenvalue weighted by Gasteiger charge is -2.43. The first-order chi connectivity index (χ1) is 18.4. The van der Waals surface area contributed by atoms with Gasteiger partial charge in [0.1, 0.15) is 11.8 Å². The highest BCUT2D eigenvalue weighted by molar-refractivity contribution is 5.92. The fourth-order valence-electron chi connectivity index (χ4n) is 6.15. The molecule has 38 heavy (non-hydrogen) atoms. The number of allylic oxidation sites excluding steroid dienone is 2. The van der Waals surface area contributed by atoms with Crippen molar-refractivity contribution in [1.82, 2.24) is 9.97 Å². The van der Waals surface area contributed by atoms with E-state index in [-0.39, 0.29) is 36.4 Å². The van der Waals surface area contributed by atoms with Gasteiger partial charge in [-0.1, -0.05) is 51.0 Å². The molecular weight excluding hydrogens is 478 g/mol. The van der Waals surface area contributed by atoms with Crippen LogP contribution >= 0.6 is 0 Å². The molecule has 7 nitrogen and oxygen atoms in total. The Morgan fingerprint density at radius 1 is 1.18 bits per heavy atom. The average Bonchev–Trinajstić information content (AvgIpc) is 3.54. The van der Waals surface area contributed by atoms with Gasteiger partial charge < -0.3 is 19.9 Å². The second-order valence-corrected chi connectivity index (χ2v) is 11.1. The van der Waals surface area contributed by atoms with Crippen LogP contribution in [0.3, 0.4) is 0 Å². The molecular formula is C31H41N3O4. The topological polar surface area (TPSA) is 119 Å². The smallest absolute Gasteiger partial charge is 0.198 e. The van der Waals surface area contributed by atoms with Gasteiger partial charge in [-0.25, -0.2) is 4.98 Å². The zero-order valence-electron chi connectivity index (χ0n) is 22.8. The van der Waals surface area contributed by atoms with Gasteiger partial charge in [0, 0.05) is 6.42 Å². The summed E-state index contributed by atoms with van der Waals surface area (Å²) in [6.07, 6.45) is 12.9. The van der Waals surface area contributed by atoms with E-state index in [0.29, 0.717) is 12.8 Å². The minimum absolute atomic E-state index is 0.0310. The van der Waals surface area contributed by atoms with Crippen molar-refractivity contribution in [1.29, 1.82) is 5.26 Å². The Hall–Kier alpha value is -2.79. The Bertz CT molecular complexity index is 1180. The van der Waals surface area contributed by atoms with Crippen molar-refractivity contribution in [2.24, 2.45) is 0 Å². The maximum Gasteiger partial charge on any atom is 0.198 e. The van der Waals surface area contributed by atoms with Gasteiger partial charge in [0.05, 0.1) is 30.6 Å². The maximum atomic E-state index is 12.8. The number of aliphatic hydroxyl groups excluding tert-OH is 2. The van der Waals surface area contributed by atoms with Gasteiger partial charge in [0.25, 0.3) is 0 Å². The number of hydrogen-bond donors (Lipinski definition) is 3. The summed E-state index contributed by atoms with van der Waals surface area (Å²) in [7, 11) is 0. The largest absolute Gasteiger partial charge is 0.393 e. The highest BCUT2D eigenvalue weighted by Crippen LogP contribution is 2.53. The number of aromatic nitrogens is 2. The van der Waals surface area contributed by atoms with E-state index in [2.05, 4.69) is 48.1 Å². The van der Waals surface area contributed by atoms with Crippen LogP contribution in [0.4, 0.5) is 0 Å². The molecule has 0 amide bonds. The van der Waals surface area contributed by atoms with E-state index in [9.17, 15) is 15.0 Å². The van der Waals surface area contributed by atoms with Crippen molar-refractivity contribution in [3.8, 4) is 6.07 Å². The monoisotopic (exact) mass is 519 g/mol. The van der Waals surface area contributed by atoms with Crippen LogP contribution < -0.4 is 0 Å². The van der Waals surface area contributed by atoms with Gasteiger partial charge in [0.2, 0.25) is 0 Å². The number of H-pyrrole nitrogens is 1. The third-order valence-corrected chi connectivity index (χ3v) is 8.29. The molecule has 2 fully saturated rings. The van der Waals surface area contributed by atoms with E-state index in [1.165, 1.54) is 22.9 Å². The number of aryl methyl sites for hydroxylation is 1. The van der Waals surface area contributed by atoms with E-state index in [4.69, 9.17) is 10.00 Å². The summed E-state index contributed by atoms with van der Waals surface area (Å²) in [4.78, 5) is 19.7. The van der Waals surface area contributed by atoms with Crippen molar-refractivity contribution in [3.63, 3.8) is 0 Å². The Morgan fingerprint density at radius 3 is 2.53 bits per heavy atom. The summed E-state index contributed by atoms with van der Waals surface area (Å²) >= 11 is 0. The lowest BCUT2D eigenvalue weighted by atomic mass is 9.78. The van der Waals surface area contributed by atoms with Gasteiger partial charge in [-0.15, -0.1) is 0 Å². The minimum atomic E-state index is -0.578. The first-order valence-corrected chi connectivity index (χ1v) is 14.1. The van der Waals surface area contributed by atoms with Gasteiger partial charge in [-0.05, 0) is 79.5 Å². The second-order valence-electron chi connectivity index (χ2n) is 11.1. The highest BCUT2D eigenvalue weighted by Gasteiger charge is 2.54. The molecule has 0 saturated carbocycles. The molecule has 2 bridgehead atoms. The van der Waals surface area contributed by atoms with Gasteiger partial charge >= 0.3 is 0 Å². The number of nitrogens with one attached hydrogen (secondary N) is 1. The highest BCUT2D eigenvalue weighted by atomic mass is 16.6. The predicted molar refractivity (Wildman–Crippen MR) is 147 cm³/mol. The molecule has 2 aliphatic rings. The fourth-order valence-corrected chi connectivity index (χ4v) is 6.15. The van der Waals surface area contributed by atoms with Crippen molar-refractivity contribution >= 4 is 11.4 Å². The Morgan fingerprint density at radius 2 is 1.92 bits per heavy atom. The lowest BCUT2D eigenvalue weighted by molar-refractivity contribution is -0.177. The van der Waals surface area contributed by atoms with E-state index >= 15 is 0 Å². The fraction of sp³-hybridized carbons (Fsp3) is 0.581. The number of nitriles is 1. The van der Waals surface area contributed by atoms with Crippen LogP contribution in [0.1, 0.15) is 117 Å². The van der Waals surface area contributed by atoms with Crippen LogP contribution in [-0.4, -0.2) is 50.4 Å². The van der Waals surface area contributed by atoms with E-state index in [1.54, 1.807) is 0 Å². The standard InChI is InChI=1S/C31H41N3O4/c1-3-5-7-22(8-6-4-2)27-15-24(25-16-30(20-35)13-14-31(17-25,21-36)38-30)10-9-23(27)11-12-28(37)29-33-19-26(18-32)34-29/h7,9-10,15,19,25,35-36H,3-6,8,11-14,16-17,20-21H2,1-2H3,(H,33,34)/b22-7+/t25?,30-,31+. The third-order valence-electron chi connectivity index (χ3n) is 8.29. The summed E-state index contributed by atoms with van der Waals surface area (Å²) in [6, 6.07) is 8.59. The summed E-state index contributed by atoms with van der Waals surface area (Å²) in [5, 5.41) is 29.4. The number of ether oxygens (including phenoxy) is 1. The third kappa shape index (κ3) is 6.09. The average molecular weight is 520 g/mol.